The Morgan fingerprint density at radius 3 is 1.50 bits per heavy atom. The summed E-state index contributed by atoms with van der Waals surface area (Å²) in [6.45, 7) is 1.19. The van der Waals surface area contributed by atoms with Crippen molar-refractivity contribution >= 4 is 0 Å². The second-order valence-electron chi connectivity index (χ2n) is 3.01. The Labute approximate surface area is 76.1 Å². The third-order valence-electron chi connectivity index (χ3n) is 1.63. The first kappa shape index (κ1) is 13.5. The van der Waals surface area contributed by atoms with E-state index in [2.05, 4.69) is 0 Å². The molecule has 0 bridgehead atoms. The highest BCUT2D eigenvalue weighted by molar-refractivity contribution is 4.89. The highest BCUT2D eigenvalue weighted by atomic mass is 19.4. The van der Waals surface area contributed by atoms with E-state index in [-0.39, 0.29) is 6.42 Å². The van der Waals surface area contributed by atoms with Crippen LogP contribution in [-0.2, 0) is 0 Å². The minimum absolute atomic E-state index is 0.300. The molecule has 0 spiro atoms. The van der Waals surface area contributed by atoms with E-state index in [1.54, 1.807) is 0 Å². The van der Waals surface area contributed by atoms with Crippen LogP contribution in [0.3, 0.4) is 0 Å². The van der Waals surface area contributed by atoms with Gasteiger partial charge in [-0.2, -0.15) is 26.3 Å². The van der Waals surface area contributed by atoms with E-state index in [0.717, 1.165) is 0 Å². The third-order valence-corrected chi connectivity index (χ3v) is 1.63. The van der Waals surface area contributed by atoms with E-state index < -0.39 is 30.9 Å². The monoisotopic (exact) mass is 226 g/mol. The van der Waals surface area contributed by atoms with Gasteiger partial charge in [-0.05, 0) is 6.42 Å². The van der Waals surface area contributed by atoms with Gasteiger partial charge in [0.25, 0.3) is 0 Å². The zero-order chi connectivity index (χ0) is 11.6. The molecule has 0 radical (unpaired) electrons. The number of halogens is 7. The van der Waals surface area contributed by atoms with Crippen molar-refractivity contribution in [2.45, 2.75) is 44.2 Å². The maximum atomic E-state index is 13.0. The minimum atomic E-state index is -5.47. The summed E-state index contributed by atoms with van der Waals surface area (Å²) in [6, 6.07) is 0. The lowest BCUT2D eigenvalue weighted by Crippen LogP contribution is -2.44. The average Bonchev–Trinajstić information content (AvgIpc) is 1.79. The fourth-order valence-corrected chi connectivity index (χ4v) is 1.04. The Morgan fingerprint density at radius 2 is 1.29 bits per heavy atom. The Kier molecular flexibility index (Phi) is 3.80. The summed E-state index contributed by atoms with van der Waals surface area (Å²) in [5.41, 5.74) is -4.15. The fourth-order valence-electron chi connectivity index (χ4n) is 1.04. The van der Waals surface area contributed by atoms with Gasteiger partial charge in [0, 0.05) is 0 Å². The summed E-state index contributed by atoms with van der Waals surface area (Å²) in [7, 11) is 0. The van der Waals surface area contributed by atoms with Crippen LogP contribution < -0.4 is 0 Å². The van der Waals surface area contributed by atoms with Gasteiger partial charge in [-0.25, -0.2) is 4.39 Å². The Balaban J connectivity index is 4.74. The maximum absolute atomic E-state index is 13.0. The number of hydrogen-bond donors (Lipinski definition) is 0. The molecule has 1 atom stereocenters. The van der Waals surface area contributed by atoms with Gasteiger partial charge in [-0.1, -0.05) is 13.3 Å². The Bertz CT molecular complexity index is 179. The standard InChI is InChI=1S/C7H9F7/c1-2-3-5(8,7(12,13)14)4-6(9,10)11/h2-4H2,1H3. The number of hydrogen-bond acceptors (Lipinski definition) is 0. The first-order chi connectivity index (χ1) is 6.02. The summed E-state index contributed by atoms with van der Waals surface area (Å²) in [6.07, 6.45) is -14.6. The maximum Gasteiger partial charge on any atom is 0.422 e. The second-order valence-corrected chi connectivity index (χ2v) is 3.01. The molecule has 0 aromatic carbocycles. The average molecular weight is 226 g/mol. The van der Waals surface area contributed by atoms with Crippen LogP contribution in [0.4, 0.5) is 30.7 Å². The molecular formula is C7H9F7. The van der Waals surface area contributed by atoms with Gasteiger partial charge in [-0.3, -0.25) is 0 Å². The first-order valence-corrected chi connectivity index (χ1v) is 3.84. The fraction of sp³-hybridized carbons (Fsp3) is 1.00. The Hall–Kier alpha value is -0.490. The topological polar surface area (TPSA) is 0 Å². The molecule has 0 N–H and O–H groups in total. The van der Waals surface area contributed by atoms with Crippen molar-refractivity contribution in [3.05, 3.63) is 0 Å². The summed E-state index contributed by atoms with van der Waals surface area (Å²) in [4.78, 5) is 0. The molecule has 0 fully saturated rings. The molecule has 0 aliphatic carbocycles. The van der Waals surface area contributed by atoms with E-state index in [0.29, 0.717) is 0 Å². The van der Waals surface area contributed by atoms with Gasteiger partial charge < -0.3 is 0 Å². The van der Waals surface area contributed by atoms with Crippen LogP contribution in [0.5, 0.6) is 0 Å². The second kappa shape index (κ2) is 3.94. The van der Waals surface area contributed by atoms with Gasteiger partial charge in [0.15, 0.2) is 0 Å². The van der Waals surface area contributed by atoms with Crippen molar-refractivity contribution < 1.29 is 30.7 Å². The van der Waals surface area contributed by atoms with Gasteiger partial charge in [-0.15, -0.1) is 0 Å². The molecule has 0 aliphatic heterocycles. The molecule has 7 heteroatoms. The molecule has 0 heterocycles. The van der Waals surface area contributed by atoms with Crippen molar-refractivity contribution in [2.75, 3.05) is 0 Å². The lowest BCUT2D eigenvalue weighted by molar-refractivity contribution is -0.269. The molecule has 0 aromatic heterocycles. The third kappa shape index (κ3) is 3.71. The molecule has 86 valence electrons. The van der Waals surface area contributed by atoms with Crippen LogP contribution in [0.15, 0.2) is 0 Å². The Morgan fingerprint density at radius 1 is 0.857 bits per heavy atom. The van der Waals surface area contributed by atoms with Gasteiger partial charge in [0.2, 0.25) is 5.67 Å². The summed E-state index contributed by atoms with van der Waals surface area (Å²) < 4.78 is 83.8. The molecule has 1 unspecified atom stereocenters. The van der Waals surface area contributed by atoms with Crippen molar-refractivity contribution in [2.24, 2.45) is 0 Å². The normalized spacial score (nSPS) is 18.0. The lowest BCUT2D eigenvalue weighted by atomic mass is 9.95. The molecule has 0 nitrogen and oxygen atoms in total. The van der Waals surface area contributed by atoms with E-state index in [1.807, 2.05) is 0 Å². The highest BCUT2D eigenvalue weighted by Crippen LogP contribution is 2.44. The van der Waals surface area contributed by atoms with E-state index in [1.165, 1.54) is 6.92 Å². The first-order valence-electron chi connectivity index (χ1n) is 3.84. The van der Waals surface area contributed by atoms with Crippen LogP contribution in [0, 0.1) is 0 Å². The van der Waals surface area contributed by atoms with Crippen LogP contribution in [0.2, 0.25) is 0 Å². The predicted molar refractivity (Wildman–Crippen MR) is 35.5 cm³/mol. The SMILES string of the molecule is CCCC(F)(CC(F)(F)F)C(F)(F)F. The quantitative estimate of drug-likeness (QED) is 0.638. The van der Waals surface area contributed by atoms with Crippen molar-refractivity contribution in [3.8, 4) is 0 Å². The zero-order valence-electron chi connectivity index (χ0n) is 7.27. The van der Waals surface area contributed by atoms with Gasteiger partial charge in [0.05, 0.1) is 6.42 Å². The summed E-state index contributed by atoms with van der Waals surface area (Å²) >= 11 is 0. The number of alkyl halides is 7. The zero-order valence-corrected chi connectivity index (χ0v) is 7.27. The van der Waals surface area contributed by atoms with Crippen LogP contribution in [0.1, 0.15) is 26.2 Å². The van der Waals surface area contributed by atoms with Crippen molar-refractivity contribution in [1.82, 2.24) is 0 Å². The lowest BCUT2D eigenvalue weighted by Gasteiger charge is -2.28. The molecule has 0 aromatic rings. The predicted octanol–water partition coefficient (Wildman–Crippen LogP) is 4.01. The summed E-state index contributed by atoms with van der Waals surface area (Å²) in [5.74, 6) is 0. The molecule has 0 saturated carbocycles. The largest absolute Gasteiger partial charge is 0.422 e. The van der Waals surface area contributed by atoms with Crippen LogP contribution >= 0.6 is 0 Å². The van der Waals surface area contributed by atoms with Gasteiger partial charge in [0.1, 0.15) is 0 Å². The molecule has 0 saturated heterocycles. The smallest absolute Gasteiger partial charge is 0.233 e. The minimum Gasteiger partial charge on any atom is -0.233 e. The molecule has 0 amide bonds. The van der Waals surface area contributed by atoms with Crippen molar-refractivity contribution in [3.63, 3.8) is 0 Å². The summed E-state index contributed by atoms with van der Waals surface area (Å²) in [5, 5.41) is 0. The van der Waals surface area contributed by atoms with E-state index in [4.69, 9.17) is 0 Å². The highest BCUT2D eigenvalue weighted by Gasteiger charge is 2.59. The van der Waals surface area contributed by atoms with E-state index >= 15 is 0 Å². The van der Waals surface area contributed by atoms with Crippen LogP contribution in [0.25, 0.3) is 0 Å². The number of rotatable bonds is 3. The molecular weight excluding hydrogens is 217 g/mol. The van der Waals surface area contributed by atoms with Gasteiger partial charge >= 0.3 is 12.4 Å². The van der Waals surface area contributed by atoms with Crippen molar-refractivity contribution in [1.29, 1.82) is 0 Å². The van der Waals surface area contributed by atoms with Crippen LogP contribution in [-0.4, -0.2) is 18.0 Å². The molecule has 14 heavy (non-hydrogen) atoms. The molecule has 0 rings (SSSR count). The molecule has 0 aliphatic rings. The van der Waals surface area contributed by atoms with E-state index in [9.17, 15) is 30.7 Å².